The second-order valence-corrected chi connectivity index (χ2v) is 10.6. The van der Waals surface area contributed by atoms with Crippen molar-refractivity contribution in [2.24, 2.45) is 0 Å². The quantitative estimate of drug-likeness (QED) is 0.164. The summed E-state index contributed by atoms with van der Waals surface area (Å²) in [6.07, 6.45) is -3.46. The Kier molecular flexibility index (Phi) is 13.6. The highest BCUT2D eigenvalue weighted by Gasteiger charge is 2.47. The van der Waals surface area contributed by atoms with Crippen molar-refractivity contribution in [2.75, 3.05) is 19.0 Å². The molecule has 0 aromatic carbocycles. The van der Waals surface area contributed by atoms with Crippen LogP contribution in [0, 0.1) is 0 Å². The lowest BCUT2D eigenvalue weighted by molar-refractivity contribution is -0.0503. The van der Waals surface area contributed by atoms with Gasteiger partial charge in [-0.3, -0.25) is 9.09 Å². The highest BCUT2D eigenvalue weighted by Crippen LogP contribution is 2.66. The van der Waals surface area contributed by atoms with Gasteiger partial charge < -0.3 is 64.4 Å². The topological polar surface area (TPSA) is 405 Å². The first-order valence-electron chi connectivity index (χ1n) is 8.38. The normalized spacial score (nSPS) is 24.8. The van der Waals surface area contributed by atoms with Crippen LogP contribution < -0.4 is 29.9 Å². The predicted molar refractivity (Wildman–Crippen MR) is 121 cm³/mol. The van der Waals surface area contributed by atoms with E-state index in [9.17, 15) is 28.8 Å². The van der Waals surface area contributed by atoms with Crippen LogP contribution in [0.5, 0.6) is 0 Å². The maximum atomic E-state index is 11.8. The number of rotatable bonds is 9. The molecule has 0 amide bonds. The average Bonchev–Trinajstić information content (AvgIpc) is 3.19. The number of fused-ring (bicyclic) bond motifs is 1. The van der Waals surface area contributed by atoms with Gasteiger partial charge in [-0.15, -0.1) is 0 Å². The molecular weight excluding hydrogens is 559 g/mol. The van der Waals surface area contributed by atoms with Gasteiger partial charge in [0.05, 0.1) is 12.9 Å². The first-order chi connectivity index (χ1) is 14.7. The lowest BCUT2D eigenvalue weighted by Crippen LogP contribution is -2.33. The van der Waals surface area contributed by atoms with Gasteiger partial charge in [0, 0.05) is 7.05 Å². The summed E-state index contributed by atoms with van der Waals surface area (Å²) in [5.41, 5.74) is 0.561. The van der Waals surface area contributed by atoms with Crippen LogP contribution in [0.15, 0.2) is 12.7 Å². The number of nitrogens with zero attached hydrogens (tertiary/aromatic N) is 4. The van der Waals surface area contributed by atoms with E-state index >= 15 is 0 Å². The number of aliphatic hydroxyl groups is 2. The Morgan fingerprint density at radius 2 is 1.58 bits per heavy atom. The van der Waals surface area contributed by atoms with Crippen molar-refractivity contribution in [3.63, 3.8) is 0 Å². The Hall–Kier alpha value is -1.52. The van der Waals surface area contributed by atoms with Gasteiger partial charge in [-0.1, -0.05) is 0 Å². The number of phosphoric acid groups is 3. The first kappa shape index (κ1) is 36.6. The molecule has 0 saturated carbocycles. The number of aliphatic hydroxyl groups excluding tert-OH is 2. The van der Waals surface area contributed by atoms with Crippen molar-refractivity contribution >= 4 is 40.4 Å². The molecule has 2 aromatic heterocycles. The van der Waals surface area contributed by atoms with E-state index in [0.717, 1.165) is 0 Å². The van der Waals surface area contributed by atoms with E-state index in [1.165, 1.54) is 17.2 Å². The Bertz CT molecular complexity index is 1130. The molecule has 0 radical (unpaired) electrons. The van der Waals surface area contributed by atoms with Crippen LogP contribution in [0.4, 0.5) is 5.82 Å². The van der Waals surface area contributed by atoms with Gasteiger partial charge in [0.1, 0.15) is 30.2 Å². The molecule has 0 aliphatic carbocycles. The molecule has 1 fully saturated rings. The summed E-state index contributed by atoms with van der Waals surface area (Å²) in [6.45, 7) is -0.943. The minimum absolute atomic E-state index is 0. The molecule has 19 N–H and O–H groups in total. The van der Waals surface area contributed by atoms with Crippen LogP contribution >= 0.6 is 23.5 Å². The monoisotopic (exact) mass is 589 g/mol. The Labute approximate surface area is 202 Å². The van der Waals surface area contributed by atoms with Crippen molar-refractivity contribution in [1.29, 1.82) is 0 Å². The zero-order chi connectivity index (χ0) is 23.9. The summed E-state index contributed by atoms with van der Waals surface area (Å²) >= 11 is 0. The van der Waals surface area contributed by atoms with Gasteiger partial charge >= 0.3 is 23.5 Å². The van der Waals surface area contributed by atoms with E-state index < -0.39 is 54.6 Å². The van der Waals surface area contributed by atoms with E-state index in [4.69, 9.17) is 19.4 Å². The molecule has 3 rings (SSSR count). The van der Waals surface area contributed by atoms with Crippen LogP contribution in [0.25, 0.3) is 11.2 Å². The average molecular weight is 589 g/mol. The second-order valence-electron chi connectivity index (χ2n) is 6.23. The molecule has 1 aliphatic rings. The van der Waals surface area contributed by atoms with Gasteiger partial charge in [-0.2, -0.15) is 8.62 Å². The second kappa shape index (κ2) is 13.3. The highest BCUT2D eigenvalue weighted by atomic mass is 31.3. The van der Waals surface area contributed by atoms with Crippen molar-refractivity contribution in [1.82, 2.24) is 44.1 Å². The molecule has 1 aliphatic heterocycles. The predicted octanol–water partition coefficient (Wildman–Crippen LogP) is -0.522. The Morgan fingerprint density at radius 1 is 0.972 bits per heavy atom. The number of hydrogen-bond acceptors (Lipinski definition) is 17. The number of anilines is 1. The number of nitrogens with one attached hydrogen (secondary N) is 1. The molecular formula is C11H30N9O13P3. The smallest absolute Gasteiger partial charge is 0.387 e. The lowest BCUT2D eigenvalue weighted by atomic mass is 10.1. The maximum Gasteiger partial charge on any atom is 0.490 e. The minimum atomic E-state index is -5.70. The molecule has 212 valence electrons. The van der Waals surface area contributed by atoms with Crippen LogP contribution in [0.2, 0.25) is 0 Å². The molecule has 3 heterocycles. The fraction of sp³-hybridized carbons (Fsp3) is 0.545. The van der Waals surface area contributed by atoms with Gasteiger partial charge in [-0.05, 0) is 0 Å². The van der Waals surface area contributed by atoms with Crippen molar-refractivity contribution < 1.29 is 61.4 Å². The maximum absolute atomic E-state index is 11.8. The van der Waals surface area contributed by atoms with E-state index in [1.54, 1.807) is 7.05 Å². The van der Waals surface area contributed by atoms with Gasteiger partial charge in [0.25, 0.3) is 0 Å². The molecule has 2 unspecified atom stereocenters. The first-order valence-corrected chi connectivity index (χ1v) is 12.9. The van der Waals surface area contributed by atoms with Crippen molar-refractivity contribution in [3.8, 4) is 0 Å². The van der Waals surface area contributed by atoms with Gasteiger partial charge in [0.15, 0.2) is 17.7 Å². The molecule has 6 atom stereocenters. The summed E-state index contributed by atoms with van der Waals surface area (Å²) < 4.78 is 52.1. The third-order valence-electron chi connectivity index (χ3n) is 4.02. The van der Waals surface area contributed by atoms with Crippen LogP contribution in [-0.4, -0.2) is 81.3 Å². The van der Waals surface area contributed by atoms with Crippen molar-refractivity contribution in [2.45, 2.75) is 24.5 Å². The van der Waals surface area contributed by atoms with Crippen LogP contribution in [0.1, 0.15) is 6.23 Å². The molecule has 25 heteroatoms. The summed E-state index contributed by atoms with van der Waals surface area (Å²) in [7, 11) is -15.1. The fourth-order valence-electron chi connectivity index (χ4n) is 2.79. The number of ether oxygens (including phenoxy) is 1. The van der Waals surface area contributed by atoms with Gasteiger partial charge in [-0.25, -0.2) is 28.6 Å². The standard InChI is InChI=1S/C11H18N5O13P3.4H3N/c1-12-9-6-10(14-3-13-9)16(4-15-6)11-8(18)7(17)5(27-11)2-26-31(22,23)29-32(24,25)28-30(19,20)21;;;;/h3-5,7-8,11,17-18H,2H2,1H3,(H,22,23)(H,24,25)(H,12,13,14)(H2,19,20,21);4*1H3/t5-,7-,8-,11-;;;;/m1..../s1. The summed E-state index contributed by atoms with van der Waals surface area (Å²) in [5, 5.41) is 23.3. The molecule has 36 heavy (non-hydrogen) atoms. The molecule has 2 aromatic rings. The van der Waals surface area contributed by atoms with Crippen LogP contribution in [0.3, 0.4) is 0 Å². The Morgan fingerprint density at radius 3 is 2.14 bits per heavy atom. The number of imidazole rings is 1. The minimum Gasteiger partial charge on any atom is -0.387 e. The van der Waals surface area contributed by atoms with Crippen molar-refractivity contribution in [3.05, 3.63) is 12.7 Å². The highest BCUT2D eigenvalue weighted by molar-refractivity contribution is 7.66. The van der Waals surface area contributed by atoms with E-state index in [2.05, 4.69) is 33.4 Å². The zero-order valence-corrected chi connectivity index (χ0v) is 21.4. The Balaban J connectivity index is 0. The van der Waals surface area contributed by atoms with E-state index in [1.807, 2.05) is 0 Å². The third kappa shape index (κ3) is 8.52. The van der Waals surface area contributed by atoms with E-state index in [0.29, 0.717) is 11.3 Å². The SMILES string of the molecule is CNc1ncnc2c1ncn2[C@@H]1O[C@H](COP(=O)(O)OP(=O)(O)OP(=O)(O)O)[C@@H](O)[C@H]1O.N.N.N.N. The summed E-state index contributed by atoms with van der Waals surface area (Å²) in [5.74, 6) is 0.381. The largest absolute Gasteiger partial charge is 0.490 e. The van der Waals surface area contributed by atoms with E-state index in [-0.39, 0.29) is 30.2 Å². The molecule has 0 bridgehead atoms. The summed E-state index contributed by atoms with van der Waals surface area (Å²) in [4.78, 5) is 47.8. The number of phosphoric ester groups is 1. The molecule has 1 saturated heterocycles. The van der Waals surface area contributed by atoms with Gasteiger partial charge in [0.2, 0.25) is 0 Å². The lowest BCUT2D eigenvalue weighted by Gasteiger charge is -2.19. The zero-order valence-electron chi connectivity index (χ0n) is 18.7. The summed E-state index contributed by atoms with van der Waals surface area (Å²) in [6, 6.07) is 0. The number of hydrogen-bond donors (Lipinski definition) is 11. The molecule has 0 spiro atoms. The van der Waals surface area contributed by atoms with Crippen LogP contribution in [-0.2, 0) is 31.6 Å². The molecule has 22 nitrogen and oxygen atoms in total. The third-order valence-corrected chi connectivity index (χ3v) is 7.83. The number of aromatic nitrogens is 4. The fourth-order valence-corrected chi connectivity index (χ4v) is 5.82.